The van der Waals surface area contributed by atoms with Gasteiger partial charge in [0.15, 0.2) is 11.6 Å². The van der Waals surface area contributed by atoms with Gasteiger partial charge in [-0.25, -0.2) is 18.9 Å². The SMILES string of the molecule is CCOC(=O)c1c[nH]n(-c2ncccc2F)c1=S. The fourth-order valence-electron chi connectivity index (χ4n) is 1.42. The zero-order valence-electron chi connectivity index (χ0n) is 9.51. The molecule has 0 spiro atoms. The lowest BCUT2D eigenvalue weighted by molar-refractivity contribution is 0.0525. The lowest BCUT2D eigenvalue weighted by Crippen LogP contribution is -2.06. The smallest absolute Gasteiger partial charge is 0.342 e. The molecule has 94 valence electrons. The fraction of sp³-hybridized carbons (Fsp3) is 0.182. The zero-order valence-corrected chi connectivity index (χ0v) is 10.3. The van der Waals surface area contributed by atoms with Crippen LogP contribution in [-0.2, 0) is 4.74 Å². The summed E-state index contributed by atoms with van der Waals surface area (Å²) in [5.41, 5.74) is 0.178. The number of esters is 1. The Balaban J connectivity index is 2.47. The molecule has 0 amide bonds. The number of aromatic nitrogens is 3. The Morgan fingerprint density at radius 3 is 3.11 bits per heavy atom. The van der Waals surface area contributed by atoms with Gasteiger partial charge in [0.05, 0.1) is 6.61 Å². The molecule has 0 radical (unpaired) electrons. The number of aromatic amines is 1. The molecular formula is C11H10FN3O2S. The predicted octanol–water partition coefficient (Wildman–Crippen LogP) is 2.25. The highest BCUT2D eigenvalue weighted by Crippen LogP contribution is 2.12. The Hall–Kier alpha value is -2.02. The molecule has 0 unspecified atom stereocenters. The van der Waals surface area contributed by atoms with Gasteiger partial charge in [-0.05, 0) is 19.1 Å². The zero-order chi connectivity index (χ0) is 13.1. The monoisotopic (exact) mass is 267 g/mol. The van der Waals surface area contributed by atoms with Gasteiger partial charge in [-0.15, -0.1) is 0 Å². The lowest BCUT2D eigenvalue weighted by Gasteiger charge is -2.02. The molecule has 0 aliphatic rings. The highest BCUT2D eigenvalue weighted by molar-refractivity contribution is 7.71. The molecule has 1 N–H and O–H groups in total. The quantitative estimate of drug-likeness (QED) is 0.684. The van der Waals surface area contributed by atoms with Gasteiger partial charge in [-0.3, -0.25) is 5.10 Å². The number of rotatable bonds is 3. The van der Waals surface area contributed by atoms with Crippen molar-refractivity contribution in [3.8, 4) is 5.82 Å². The van der Waals surface area contributed by atoms with Crippen LogP contribution in [0.3, 0.4) is 0 Å². The van der Waals surface area contributed by atoms with Crippen LogP contribution in [0.4, 0.5) is 4.39 Å². The third kappa shape index (κ3) is 2.17. The molecule has 2 rings (SSSR count). The first-order valence-electron chi connectivity index (χ1n) is 5.23. The minimum absolute atomic E-state index is 0.0121. The molecule has 7 heteroatoms. The minimum Gasteiger partial charge on any atom is -0.462 e. The van der Waals surface area contributed by atoms with Crippen LogP contribution in [0, 0.1) is 10.5 Å². The van der Waals surface area contributed by atoms with E-state index in [0.29, 0.717) is 0 Å². The second-order valence-electron chi connectivity index (χ2n) is 3.36. The first kappa shape index (κ1) is 12.4. The third-order valence-electron chi connectivity index (χ3n) is 2.22. The normalized spacial score (nSPS) is 10.3. The van der Waals surface area contributed by atoms with Gasteiger partial charge >= 0.3 is 5.97 Å². The Morgan fingerprint density at radius 2 is 2.44 bits per heavy atom. The molecule has 2 aromatic rings. The third-order valence-corrected chi connectivity index (χ3v) is 2.62. The van der Waals surface area contributed by atoms with Gasteiger partial charge in [-0.1, -0.05) is 12.2 Å². The molecule has 0 fully saturated rings. The average molecular weight is 267 g/mol. The van der Waals surface area contributed by atoms with E-state index in [1.54, 1.807) is 6.92 Å². The van der Waals surface area contributed by atoms with Gasteiger partial charge in [0.1, 0.15) is 10.2 Å². The van der Waals surface area contributed by atoms with E-state index in [1.165, 1.54) is 29.2 Å². The van der Waals surface area contributed by atoms with Crippen molar-refractivity contribution >= 4 is 18.2 Å². The largest absolute Gasteiger partial charge is 0.462 e. The summed E-state index contributed by atoms with van der Waals surface area (Å²) in [7, 11) is 0. The number of carbonyl (C=O) groups excluding carboxylic acids is 1. The number of hydrogen-bond donors (Lipinski definition) is 1. The van der Waals surface area contributed by atoms with Crippen LogP contribution in [0.15, 0.2) is 24.5 Å². The van der Waals surface area contributed by atoms with E-state index in [0.717, 1.165) is 0 Å². The van der Waals surface area contributed by atoms with Crippen molar-refractivity contribution in [1.29, 1.82) is 0 Å². The van der Waals surface area contributed by atoms with E-state index < -0.39 is 11.8 Å². The number of ether oxygens (including phenoxy) is 1. The van der Waals surface area contributed by atoms with Crippen LogP contribution in [0.1, 0.15) is 17.3 Å². The number of carbonyl (C=O) groups is 1. The number of hydrogen-bond acceptors (Lipinski definition) is 4. The van der Waals surface area contributed by atoms with Crippen molar-refractivity contribution in [2.24, 2.45) is 0 Å². The van der Waals surface area contributed by atoms with Gasteiger partial charge in [0.2, 0.25) is 0 Å². The Labute approximate surface area is 107 Å². The van der Waals surface area contributed by atoms with Gasteiger partial charge < -0.3 is 4.74 Å². The molecule has 0 saturated carbocycles. The van der Waals surface area contributed by atoms with Crippen molar-refractivity contribution in [3.63, 3.8) is 0 Å². The maximum absolute atomic E-state index is 13.5. The van der Waals surface area contributed by atoms with E-state index in [2.05, 4.69) is 10.1 Å². The first-order valence-corrected chi connectivity index (χ1v) is 5.64. The minimum atomic E-state index is -0.547. The molecule has 5 nitrogen and oxygen atoms in total. The maximum Gasteiger partial charge on any atom is 0.342 e. The molecule has 0 aliphatic heterocycles. The van der Waals surface area contributed by atoms with Crippen molar-refractivity contribution in [2.75, 3.05) is 6.61 Å². The summed E-state index contributed by atoms with van der Waals surface area (Å²) in [5, 5.41) is 2.68. The number of pyridine rings is 1. The number of nitrogens with one attached hydrogen (secondary N) is 1. The summed E-state index contributed by atoms with van der Waals surface area (Å²) in [6, 6.07) is 2.73. The van der Waals surface area contributed by atoms with Gasteiger partial charge in [-0.2, -0.15) is 0 Å². The first-order chi connectivity index (χ1) is 8.65. The summed E-state index contributed by atoms with van der Waals surface area (Å²) < 4.78 is 19.7. The topological polar surface area (TPSA) is 59.9 Å². The maximum atomic E-state index is 13.5. The fourth-order valence-corrected chi connectivity index (χ4v) is 1.71. The van der Waals surface area contributed by atoms with Crippen LogP contribution in [0.5, 0.6) is 0 Å². The van der Waals surface area contributed by atoms with Gasteiger partial charge in [0, 0.05) is 12.4 Å². The second-order valence-corrected chi connectivity index (χ2v) is 3.74. The van der Waals surface area contributed by atoms with Crippen LogP contribution < -0.4 is 0 Å². The van der Waals surface area contributed by atoms with Gasteiger partial charge in [0.25, 0.3) is 0 Å². The van der Waals surface area contributed by atoms with Crippen LogP contribution in [0.25, 0.3) is 5.82 Å². The highest BCUT2D eigenvalue weighted by atomic mass is 32.1. The predicted molar refractivity (Wildman–Crippen MR) is 64.7 cm³/mol. The van der Waals surface area contributed by atoms with Crippen molar-refractivity contribution in [1.82, 2.24) is 14.8 Å². The van der Waals surface area contributed by atoms with E-state index in [-0.39, 0.29) is 22.6 Å². The van der Waals surface area contributed by atoms with Crippen LogP contribution in [-0.4, -0.2) is 27.3 Å². The average Bonchev–Trinajstić information content (AvgIpc) is 2.72. The van der Waals surface area contributed by atoms with Crippen molar-refractivity contribution < 1.29 is 13.9 Å². The van der Waals surface area contributed by atoms with E-state index >= 15 is 0 Å². The molecule has 0 saturated heterocycles. The standard InChI is InChI=1S/C11H10FN3O2S/c1-2-17-11(16)7-6-14-15(10(7)18)9-8(12)4-3-5-13-9/h3-6,14H,2H2,1H3. The van der Waals surface area contributed by atoms with Crippen molar-refractivity contribution in [3.05, 3.63) is 40.5 Å². The molecule has 0 atom stereocenters. The van der Waals surface area contributed by atoms with Crippen molar-refractivity contribution in [2.45, 2.75) is 6.92 Å². The highest BCUT2D eigenvalue weighted by Gasteiger charge is 2.15. The van der Waals surface area contributed by atoms with Crippen LogP contribution in [0.2, 0.25) is 0 Å². The Morgan fingerprint density at radius 1 is 1.67 bits per heavy atom. The van der Waals surface area contributed by atoms with Crippen LogP contribution >= 0.6 is 12.2 Å². The number of nitrogens with zero attached hydrogens (tertiary/aromatic N) is 2. The summed E-state index contributed by atoms with van der Waals surface area (Å²) >= 11 is 5.08. The van der Waals surface area contributed by atoms with E-state index in [1.807, 2.05) is 0 Å². The molecule has 2 heterocycles. The summed E-state index contributed by atoms with van der Waals surface area (Å²) in [6.07, 6.45) is 2.81. The summed E-state index contributed by atoms with van der Waals surface area (Å²) in [6.45, 7) is 1.94. The van der Waals surface area contributed by atoms with E-state index in [4.69, 9.17) is 17.0 Å². The molecular weight excluding hydrogens is 257 g/mol. The Bertz CT molecular complexity index is 635. The Kier molecular flexibility index (Phi) is 3.52. The lowest BCUT2D eigenvalue weighted by atomic mass is 10.4. The molecule has 0 bridgehead atoms. The number of H-pyrrole nitrogens is 1. The van der Waals surface area contributed by atoms with E-state index in [9.17, 15) is 9.18 Å². The summed E-state index contributed by atoms with van der Waals surface area (Å²) in [5.74, 6) is -1.07. The molecule has 0 aromatic carbocycles. The molecule has 0 aliphatic carbocycles. The summed E-state index contributed by atoms with van der Waals surface area (Å²) in [4.78, 5) is 15.4. The number of halogens is 1. The second kappa shape index (κ2) is 5.09. The molecule has 18 heavy (non-hydrogen) atoms. The molecule has 2 aromatic heterocycles.